The molecule has 2 N–H and O–H groups in total. The van der Waals surface area contributed by atoms with E-state index in [1.54, 1.807) is 49.5 Å². The molecule has 194 valence electrons. The Morgan fingerprint density at radius 2 is 1.76 bits per heavy atom. The molecule has 0 fully saturated rings. The van der Waals surface area contributed by atoms with E-state index < -0.39 is 21.9 Å². The van der Waals surface area contributed by atoms with Gasteiger partial charge in [0.25, 0.3) is 10.0 Å². The first-order valence-corrected chi connectivity index (χ1v) is 14.2. The second-order valence-electron chi connectivity index (χ2n) is 8.75. The lowest BCUT2D eigenvalue weighted by atomic mass is 9.91. The number of aryl methyl sites for hydroxylation is 1. The van der Waals surface area contributed by atoms with Gasteiger partial charge in [0.2, 0.25) is 0 Å². The van der Waals surface area contributed by atoms with E-state index in [9.17, 15) is 13.2 Å². The Labute approximate surface area is 225 Å². The first-order chi connectivity index (χ1) is 18.3. The number of esters is 1. The zero-order chi connectivity index (χ0) is 26.9. The first kappa shape index (κ1) is 25.6. The molecule has 0 aliphatic rings. The van der Waals surface area contributed by atoms with Crippen LogP contribution in [0.25, 0.3) is 11.0 Å². The zero-order valence-electron chi connectivity index (χ0n) is 21.0. The molecule has 0 spiro atoms. The average Bonchev–Trinajstić information content (AvgIpc) is 3.57. The molecule has 9 heteroatoms. The summed E-state index contributed by atoms with van der Waals surface area (Å²) in [5.74, 6) is -0.546. The van der Waals surface area contributed by atoms with Gasteiger partial charge in [0.15, 0.2) is 0 Å². The Morgan fingerprint density at radius 3 is 2.45 bits per heavy atom. The van der Waals surface area contributed by atoms with E-state index in [0.29, 0.717) is 33.7 Å². The minimum Gasteiger partial charge on any atom is -0.465 e. The number of furan rings is 1. The molecule has 0 radical (unpaired) electrons. The lowest BCUT2D eigenvalue weighted by molar-refractivity contribution is 0.0601. The third-order valence-electron chi connectivity index (χ3n) is 6.33. The Morgan fingerprint density at radius 1 is 1.00 bits per heavy atom. The fourth-order valence-electron chi connectivity index (χ4n) is 4.42. The molecule has 0 aliphatic heterocycles. The highest BCUT2D eigenvalue weighted by atomic mass is 32.2. The number of sulfonamides is 1. The fraction of sp³-hybridized carbons (Fsp3) is 0.138. The van der Waals surface area contributed by atoms with Crippen molar-refractivity contribution >= 4 is 49.7 Å². The summed E-state index contributed by atoms with van der Waals surface area (Å²) in [6, 6.07) is 23.3. The van der Waals surface area contributed by atoms with Gasteiger partial charge in [-0.05, 0) is 60.3 Å². The van der Waals surface area contributed by atoms with Gasteiger partial charge in [-0.1, -0.05) is 42.0 Å². The van der Waals surface area contributed by atoms with E-state index in [0.717, 1.165) is 16.0 Å². The Balaban J connectivity index is 1.72. The number of anilines is 2. The molecule has 0 saturated carbocycles. The summed E-state index contributed by atoms with van der Waals surface area (Å²) in [5, 5.41) is 5.61. The molecule has 1 atom stereocenters. The van der Waals surface area contributed by atoms with Gasteiger partial charge in [-0.15, -0.1) is 11.3 Å². The number of thiophene rings is 1. The van der Waals surface area contributed by atoms with Gasteiger partial charge < -0.3 is 14.5 Å². The molecule has 0 amide bonds. The van der Waals surface area contributed by atoms with Crippen LogP contribution in [-0.2, 0) is 14.8 Å². The number of ether oxygens (including phenoxy) is 1. The van der Waals surface area contributed by atoms with Crippen LogP contribution in [0.1, 0.15) is 38.0 Å². The number of fused-ring (bicyclic) bond motifs is 1. The van der Waals surface area contributed by atoms with Crippen LogP contribution in [0.3, 0.4) is 0 Å². The summed E-state index contributed by atoms with van der Waals surface area (Å²) in [7, 11) is -0.858. The molecule has 38 heavy (non-hydrogen) atoms. The molecule has 0 bridgehead atoms. The van der Waals surface area contributed by atoms with Crippen LogP contribution < -0.4 is 10.0 Å². The van der Waals surface area contributed by atoms with Crippen LogP contribution in [0.4, 0.5) is 11.4 Å². The smallest absolute Gasteiger partial charge is 0.339 e. The van der Waals surface area contributed by atoms with Crippen molar-refractivity contribution in [1.29, 1.82) is 0 Å². The van der Waals surface area contributed by atoms with Crippen molar-refractivity contribution in [2.45, 2.75) is 17.7 Å². The number of para-hydroxylation sites is 1. The van der Waals surface area contributed by atoms with E-state index in [4.69, 9.17) is 9.15 Å². The van der Waals surface area contributed by atoms with E-state index in [1.165, 1.54) is 18.4 Å². The van der Waals surface area contributed by atoms with E-state index >= 15 is 0 Å². The van der Waals surface area contributed by atoms with Crippen molar-refractivity contribution in [3.8, 4) is 0 Å². The van der Waals surface area contributed by atoms with Gasteiger partial charge in [0, 0.05) is 23.0 Å². The summed E-state index contributed by atoms with van der Waals surface area (Å²) in [5.41, 5.74) is 3.61. The largest absolute Gasteiger partial charge is 0.465 e. The first-order valence-electron chi connectivity index (χ1n) is 11.9. The fourth-order valence-corrected chi connectivity index (χ4v) is 6.36. The molecule has 5 rings (SSSR count). The molecule has 0 saturated heterocycles. The van der Waals surface area contributed by atoms with Crippen molar-refractivity contribution in [1.82, 2.24) is 0 Å². The van der Waals surface area contributed by atoms with Gasteiger partial charge in [-0.25, -0.2) is 13.2 Å². The molecule has 3 aromatic carbocycles. The number of methoxy groups -OCH3 is 1. The predicted molar refractivity (Wildman–Crippen MR) is 151 cm³/mol. The molecular formula is C29H26N2O5S2. The highest BCUT2D eigenvalue weighted by molar-refractivity contribution is 7.92. The average molecular weight is 547 g/mol. The highest BCUT2D eigenvalue weighted by Crippen LogP contribution is 2.44. The third kappa shape index (κ3) is 4.78. The number of rotatable bonds is 8. The number of carbonyl (C=O) groups is 1. The monoisotopic (exact) mass is 546 g/mol. The van der Waals surface area contributed by atoms with Crippen LogP contribution in [-0.4, -0.2) is 28.5 Å². The predicted octanol–water partition coefficient (Wildman–Crippen LogP) is 6.61. The van der Waals surface area contributed by atoms with Crippen LogP contribution in [0.2, 0.25) is 0 Å². The SMILES string of the molecule is CNc1ccc([C@@H](c2cccs2)c2oc3ccccc3c2NS(=O)(=O)c2ccc(C)cc2)cc1C(=O)OC. The number of nitrogens with one attached hydrogen (secondary N) is 2. The quantitative estimate of drug-likeness (QED) is 0.213. The second kappa shape index (κ2) is 10.4. The van der Waals surface area contributed by atoms with Gasteiger partial charge in [0.05, 0.1) is 29.2 Å². The van der Waals surface area contributed by atoms with E-state index in [1.807, 2.05) is 48.7 Å². The summed E-state index contributed by atoms with van der Waals surface area (Å²) in [6.45, 7) is 1.90. The van der Waals surface area contributed by atoms with Gasteiger partial charge in [0.1, 0.15) is 11.3 Å². The van der Waals surface area contributed by atoms with Crippen LogP contribution in [0.5, 0.6) is 0 Å². The highest BCUT2D eigenvalue weighted by Gasteiger charge is 2.30. The van der Waals surface area contributed by atoms with Gasteiger partial charge >= 0.3 is 5.97 Å². The summed E-state index contributed by atoms with van der Waals surface area (Å²) in [6.07, 6.45) is 0. The maximum Gasteiger partial charge on any atom is 0.339 e. The topological polar surface area (TPSA) is 97.6 Å². The lowest BCUT2D eigenvalue weighted by Crippen LogP contribution is -2.15. The standard InChI is InChI=1S/C29H26N2O5S2/c1-18-10-13-20(14-11-18)38(33,34)31-27-21-7-4-5-8-24(21)36-28(27)26(25-9-6-16-37-25)19-12-15-23(30-2)22(17-19)29(32)35-3/h4-17,26,30-31H,1-3H3/t26-/m0/s1. The summed E-state index contributed by atoms with van der Waals surface area (Å²) in [4.78, 5) is 13.7. The Bertz CT molecular complexity index is 1710. The second-order valence-corrected chi connectivity index (χ2v) is 11.4. The molecule has 0 aliphatic carbocycles. The van der Waals surface area contributed by atoms with Crippen LogP contribution >= 0.6 is 11.3 Å². The van der Waals surface area contributed by atoms with E-state index in [2.05, 4.69) is 10.0 Å². The molecular weight excluding hydrogens is 520 g/mol. The van der Waals surface area contributed by atoms with Crippen LogP contribution in [0.15, 0.2) is 93.6 Å². The zero-order valence-corrected chi connectivity index (χ0v) is 22.7. The number of carbonyl (C=O) groups excluding carboxylic acids is 1. The van der Waals surface area contributed by atoms with Crippen molar-refractivity contribution in [2.75, 3.05) is 24.2 Å². The molecule has 2 heterocycles. The van der Waals surface area contributed by atoms with E-state index in [-0.39, 0.29) is 4.90 Å². The Hall–Kier alpha value is -4.08. The molecule has 7 nitrogen and oxygen atoms in total. The number of benzene rings is 3. The van der Waals surface area contributed by atoms with Crippen molar-refractivity contribution in [2.24, 2.45) is 0 Å². The van der Waals surface area contributed by atoms with Gasteiger partial charge in [-0.2, -0.15) is 0 Å². The molecule has 0 unspecified atom stereocenters. The maximum atomic E-state index is 13.5. The van der Waals surface area contributed by atoms with Crippen molar-refractivity contribution in [3.05, 3.63) is 112 Å². The minimum absolute atomic E-state index is 0.151. The van der Waals surface area contributed by atoms with Crippen molar-refractivity contribution in [3.63, 3.8) is 0 Å². The van der Waals surface area contributed by atoms with Crippen LogP contribution in [0, 0.1) is 6.92 Å². The third-order valence-corrected chi connectivity index (χ3v) is 8.63. The summed E-state index contributed by atoms with van der Waals surface area (Å²) < 4.78 is 41.2. The van der Waals surface area contributed by atoms with Gasteiger partial charge in [-0.3, -0.25) is 4.72 Å². The minimum atomic E-state index is -3.93. The lowest BCUT2D eigenvalue weighted by Gasteiger charge is -2.19. The Kier molecular flexibility index (Phi) is 6.96. The van der Waals surface area contributed by atoms with Crippen molar-refractivity contribution < 1.29 is 22.4 Å². The number of hydrogen-bond donors (Lipinski definition) is 2. The normalized spacial score (nSPS) is 12.3. The maximum absolute atomic E-state index is 13.5. The summed E-state index contributed by atoms with van der Waals surface area (Å²) >= 11 is 1.52. The molecule has 5 aromatic rings. The number of hydrogen-bond acceptors (Lipinski definition) is 7. The molecule has 2 aromatic heterocycles.